The van der Waals surface area contributed by atoms with E-state index < -0.39 is 5.97 Å². The lowest BCUT2D eigenvalue weighted by Crippen LogP contribution is -2.15. The van der Waals surface area contributed by atoms with Crippen LogP contribution in [0, 0.1) is 11.3 Å². The number of rotatable bonds is 5. The molecule has 0 bridgehead atoms. The number of carbonyl (C=O) groups is 1. The zero-order chi connectivity index (χ0) is 16.8. The van der Waals surface area contributed by atoms with Gasteiger partial charge in [0.1, 0.15) is 23.2 Å². The normalized spacial score (nSPS) is 12.5. The molecule has 0 aliphatic carbocycles. The summed E-state index contributed by atoms with van der Waals surface area (Å²) >= 11 is 5.85. The van der Waals surface area contributed by atoms with Crippen molar-refractivity contribution in [3.8, 4) is 17.4 Å². The Hall–Kier alpha value is -2.51. The van der Waals surface area contributed by atoms with E-state index in [9.17, 15) is 4.79 Å². The standard InChI is InChI=1S/C18H16ClNO3/c1-3-12(2)22-18(21)14(11-20)10-16-8-9-17(23-16)13-4-6-15(19)7-5-13/h4-10,12H,3H2,1-2H3/b14-10+. The van der Waals surface area contributed by atoms with E-state index in [1.54, 1.807) is 31.2 Å². The summed E-state index contributed by atoms with van der Waals surface area (Å²) in [5, 5.41) is 9.76. The van der Waals surface area contributed by atoms with Crippen LogP contribution in [0.2, 0.25) is 5.02 Å². The molecule has 0 aliphatic heterocycles. The Balaban J connectivity index is 2.20. The first-order chi connectivity index (χ1) is 11.0. The summed E-state index contributed by atoms with van der Waals surface area (Å²) in [5.74, 6) is 0.388. The van der Waals surface area contributed by atoms with Gasteiger partial charge < -0.3 is 9.15 Å². The first kappa shape index (κ1) is 16.9. The van der Waals surface area contributed by atoms with Crippen LogP contribution in [0.5, 0.6) is 0 Å². The topological polar surface area (TPSA) is 63.2 Å². The summed E-state index contributed by atoms with van der Waals surface area (Å²) in [6, 6.07) is 12.5. The molecule has 0 radical (unpaired) electrons. The van der Waals surface area contributed by atoms with Gasteiger partial charge in [-0.05, 0) is 49.7 Å². The molecule has 0 saturated carbocycles. The van der Waals surface area contributed by atoms with Crippen LogP contribution in [0.3, 0.4) is 0 Å². The van der Waals surface area contributed by atoms with Crippen molar-refractivity contribution in [3.05, 3.63) is 52.8 Å². The molecule has 118 valence electrons. The quantitative estimate of drug-likeness (QED) is 0.447. The molecule has 2 aromatic rings. The van der Waals surface area contributed by atoms with Crippen molar-refractivity contribution in [2.45, 2.75) is 26.4 Å². The minimum Gasteiger partial charge on any atom is -0.459 e. The number of hydrogen-bond donors (Lipinski definition) is 0. The van der Waals surface area contributed by atoms with Gasteiger partial charge in [-0.15, -0.1) is 0 Å². The van der Waals surface area contributed by atoms with Gasteiger partial charge in [0.25, 0.3) is 0 Å². The fraction of sp³-hybridized carbons (Fsp3) is 0.222. The van der Waals surface area contributed by atoms with E-state index in [-0.39, 0.29) is 11.7 Å². The zero-order valence-electron chi connectivity index (χ0n) is 12.9. The highest BCUT2D eigenvalue weighted by molar-refractivity contribution is 6.30. The Morgan fingerprint density at radius 3 is 2.65 bits per heavy atom. The van der Waals surface area contributed by atoms with Gasteiger partial charge in [-0.25, -0.2) is 4.79 Å². The van der Waals surface area contributed by atoms with E-state index in [1.165, 1.54) is 6.08 Å². The smallest absolute Gasteiger partial charge is 0.349 e. The lowest BCUT2D eigenvalue weighted by molar-refractivity contribution is -0.142. The number of nitriles is 1. The van der Waals surface area contributed by atoms with Crippen LogP contribution in [0.4, 0.5) is 0 Å². The minimum absolute atomic E-state index is 0.0951. The third kappa shape index (κ3) is 4.48. The Kier molecular flexibility index (Phi) is 5.61. The lowest BCUT2D eigenvalue weighted by Gasteiger charge is -2.09. The van der Waals surface area contributed by atoms with Crippen molar-refractivity contribution in [2.24, 2.45) is 0 Å². The Labute approximate surface area is 139 Å². The number of nitrogens with zero attached hydrogens (tertiary/aromatic N) is 1. The molecule has 0 spiro atoms. The van der Waals surface area contributed by atoms with Crippen LogP contribution in [0.1, 0.15) is 26.0 Å². The van der Waals surface area contributed by atoms with Crippen LogP contribution in [-0.4, -0.2) is 12.1 Å². The van der Waals surface area contributed by atoms with Crippen molar-refractivity contribution < 1.29 is 13.9 Å². The minimum atomic E-state index is -0.647. The first-order valence-electron chi connectivity index (χ1n) is 7.22. The maximum atomic E-state index is 11.9. The van der Waals surface area contributed by atoms with Gasteiger partial charge in [0.2, 0.25) is 0 Å². The van der Waals surface area contributed by atoms with Gasteiger partial charge in [0.05, 0.1) is 6.10 Å². The molecule has 1 heterocycles. The molecule has 23 heavy (non-hydrogen) atoms. The van der Waals surface area contributed by atoms with E-state index in [0.29, 0.717) is 23.0 Å². The monoisotopic (exact) mass is 329 g/mol. The molecule has 5 heteroatoms. The highest BCUT2D eigenvalue weighted by atomic mass is 35.5. The largest absolute Gasteiger partial charge is 0.459 e. The van der Waals surface area contributed by atoms with Gasteiger partial charge in [0, 0.05) is 16.7 Å². The van der Waals surface area contributed by atoms with Crippen molar-refractivity contribution in [1.82, 2.24) is 0 Å². The molecule has 0 N–H and O–H groups in total. The number of furan rings is 1. The highest BCUT2D eigenvalue weighted by Crippen LogP contribution is 2.25. The van der Waals surface area contributed by atoms with Crippen LogP contribution < -0.4 is 0 Å². The molecule has 1 atom stereocenters. The molecule has 1 unspecified atom stereocenters. The average Bonchev–Trinajstić information content (AvgIpc) is 3.01. The maximum absolute atomic E-state index is 11.9. The number of esters is 1. The van der Waals surface area contributed by atoms with Crippen LogP contribution in [-0.2, 0) is 9.53 Å². The summed E-state index contributed by atoms with van der Waals surface area (Å²) in [4.78, 5) is 11.9. The van der Waals surface area contributed by atoms with Gasteiger partial charge in [-0.1, -0.05) is 18.5 Å². The predicted molar refractivity (Wildman–Crippen MR) is 88.6 cm³/mol. The molecule has 0 amide bonds. The summed E-state index contributed by atoms with van der Waals surface area (Å²) in [7, 11) is 0. The first-order valence-corrected chi connectivity index (χ1v) is 7.59. The van der Waals surface area contributed by atoms with Crippen molar-refractivity contribution in [1.29, 1.82) is 5.26 Å². The van der Waals surface area contributed by atoms with E-state index in [4.69, 9.17) is 26.0 Å². The maximum Gasteiger partial charge on any atom is 0.349 e. The predicted octanol–water partition coefficient (Wildman–Crippen LogP) is 4.85. The number of hydrogen-bond acceptors (Lipinski definition) is 4. The zero-order valence-corrected chi connectivity index (χ0v) is 13.6. The Bertz CT molecular complexity index is 753. The van der Waals surface area contributed by atoms with Crippen LogP contribution in [0.25, 0.3) is 17.4 Å². The highest BCUT2D eigenvalue weighted by Gasteiger charge is 2.15. The second-order valence-corrected chi connectivity index (χ2v) is 5.44. The van der Waals surface area contributed by atoms with Gasteiger partial charge in [0.15, 0.2) is 0 Å². The number of ether oxygens (including phenoxy) is 1. The number of halogens is 1. The lowest BCUT2D eigenvalue weighted by atomic mass is 10.2. The van der Waals surface area contributed by atoms with Crippen molar-refractivity contribution in [3.63, 3.8) is 0 Å². The SMILES string of the molecule is CCC(C)OC(=O)/C(C#N)=C/c1ccc(-c2ccc(Cl)cc2)o1. The summed E-state index contributed by atoms with van der Waals surface area (Å²) in [5.41, 5.74) is 0.761. The second kappa shape index (κ2) is 7.66. The molecule has 4 nitrogen and oxygen atoms in total. The van der Waals surface area contributed by atoms with E-state index in [0.717, 1.165) is 5.56 Å². The Morgan fingerprint density at radius 1 is 1.35 bits per heavy atom. The molecule has 2 rings (SSSR count). The van der Waals surface area contributed by atoms with E-state index in [2.05, 4.69) is 0 Å². The summed E-state index contributed by atoms with van der Waals surface area (Å²) in [6.07, 6.45) is 1.83. The third-order valence-corrected chi connectivity index (χ3v) is 3.52. The van der Waals surface area contributed by atoms with Crippen LogP contribution >= 0.6 is 11.6 Å². The number of benzene rings is 1. The number of carbonyl (C=O) groups excluding carboxylic acids is 1. The second-order valence-electron chi connectivity index (χ2n) is 5.00. The molecule has 0 saturated heterocycles. The molecular weight excluding hydrogens is 314 g/mol. The van der Waals surface area contributed by atoms with Crippen LogP contribution in [0.15, 0.2) is 46.4 Å². The van der Waals surface area contributed by atoms with Gasteiger partial charge in [-0.2, -0.15) is 5.26 Å². The van der Waals surface area contributed by atoms with Crippen molar-refractivity contribution >= 4 is 23.6 Å². The van der Waals surface area contributed by atoms with Crippen molar-refractivity contribution in [2.75, 3.05) is 0 Å². The summed E-state index contributed by atoms with van der Waals surface area (Å²) < 4.78 is 10.8. The Morgan fingerprint density at radius 2 is 2.04 bits per heavy atom. The fourth-order valence-electron chi connectivity index (χ4n) is 1.81. The third-order valence-electron chi connectivity index (χ3n) is 3.27. The molecule has 1 aromatic heterocycles. The fourth-order valence-corrected chi connectivity index (χ4v) is 1.93. The van der Waals surface area contributed by atoms with Gasteiger partial charge in [-0.3, -0.25) is 0 Å². The molecular formula is C18H16ClNO3. The van der Waals surface area contributed by atoms with E-state index >= 15 is 0 Å². The van der Waals surface area contributed by atoms with Gasteiger partial charge >= 0.3 is 5.97 Å². The average molecular weight is 330 g/mol. The molecule has 0 aliphatic rings. The molecule has 0 fully saturated rings. The summed E-state index contributed by atoms with van der Waals surface area (Å²) in [6.45, 7) is 3.68. The molecule has 1 aromatic carbocycles. The van der Waals surface area contributed by atoms with E-state index in [1.807, 2.05) is 25.1 Å².